The molecule has 0 aromatic carbocycles. The Labute approximate surface area is 80.4 Å². The average Bonchev–Trinajstić information content (AvgIpc) is 2.75. The van der Waals surface area contributed by atoms with E-state index in [4.69, 9.17) is 0 Å². The van der Waals surface area contributed by atoms with Crippen LogP contribution < -0.4 is 10.4 Å². The Hall–Kier alpha value is -0.870. The number of carbonyl (C=O) groups excluding carboxylic acids is 1. The molecule has 0 aliphatic carbocycles. The summed E-state index contributed by atoms with van der Waals surface area (Å²) in [4.78, 5) is 12.0. The summed E-state index contributed by atoms with van der Waals surface area (Å²) in [6.07, 6.45) is 2.39. The maximum absolute atomic E-state index is 10.5. The largest absolute Gasteiger partial charge is 0.544 e. The summed E-state index contributed by atoms with van der Waals surface area (Å²) in [6.45, 7) is 1.16. The fourth-order valence-corrected chi connectivity index (χ4v) is 2.67. The molecule has 2 N–H and O–H groups in total. The van der Waals surface area contributed by atoms with Crippen LogP contribution in [-0.4, -0.2) is 12.5 Å². The highest BCUT2D eigenvalue weighted by Crippen LogP contribution is 2.25. The lowest BCUT2D eigenvalue weighted by Crippen LogP contribution is -2.81. The van der Waals surface area contributed by atoms with Gasteiger partial charge in [-0.25, -0.2) is 0 Å². The van der Waals surface area contributed by atoms with E-state index in [1.807, 2.05) is 6.07 Å². The van der Waals surface area contributed by atoms with Crippen LogP contribution in [-0.2, 0) is 0 Å². The first-order valence-corrected chi connectivity index (χ1v) is 5.23. The molecule has 3 nitrogen and oxygen atoms in total. The van der Waals surface area contributed by atoms with Crippen molar-refractivity contribution >= 4 is 17.3 Å². The molecule has 0 bridgehead atoms. The van der Waals surface area contributed by atoms with Gasteiger partial charge in [-0.1, -0.05) is 0 Å². The molecule has 13 heavy (non-hydrogen) atoms. The zero-order valence-electron chi connectivity index (χ0n) is 7.16. The number of nitrogens with two attached hydrogens (primary N) is 1. The SMILES string of the molecule is O=C([O-])c1ccc([C@@H]2CCC[NH2+]2)s1. The number of carboxylic acids is 1. The fraction of sp³-hybridized carbons (Fsp3) is 0.444. The second-order valence-corrected chi connectivity index (χ2v) is 4.38. The third-order valence-corrected chi connectivity index (χ3v) is 3.56. The number of quaternary nitrogens is 1. The number of carbonyl (C=O) groups is 1. The maximum Gasteiger partial charge on any atom is 0.121 e. The number of hydrogen-bond acceptors (Lipinski definition) is 3. The minimum atomic E-state index is -1.06. The van der Waals surface area contributed by atoms with Gasteiger partial charge in [0.2, 0.25) is 0 Å². The Morgan fingerprint density at radius 1 is 1.62 bits per heavy atom. The Bertz CT molecular complexity index is 315. The number of aromatic carboxylic acids is 1. The van der Waals surface area contributed by atoms with Gasteiger partial charge < -0.3 is 15.2 Å². The van der Waals surface area contributed by atoms with E-state index in [2.05, 4.69) is 5.32 Å². The molecule has 1 fully saturated rings. The summed E-state index contributed by atoms with van der Waals surface area (Å²) >= 11 is 1.34. The summed E-state index contributed by atoms with van der Waals surface area (Å²) < 4.78 is 0. The van der Waals surface area contributed by atoms with Crippen LogP contribution in [0.4, 0.5) is 0 Å². The molecule has 0 unspecified atom stereocenters. The highest BCUT2D eigenvalue weighted by Gasteiger charge is 2.21. The van der Waals surface area contributed by atoms with Gasteiger partial charge in [0, 0.05) is 12.8 Å². The van der Waals surface area contributed by atoms with E-state index in [1.165, 1.54) is 17.8 Å². The van der Waals surface area contributed by atoms with Crippen LogP contribution in [0.1, 0.15) is 33.4 Å². The van der Waals surface area contributed by atoms with E-state index in [9.17, 15) is 9.90 Å². The lowest BCUT2D eigenvalue weighted by atomic mass is 10.2. The first-order valence-electron chi connectivity index (χ1n) is 4.42. The van der Waals surface area contributed by atoms with E-state index in [1.54, 1.807) is 6.07 Å². The predicted molar refractivity (Wildman–Crippen MR) is 47.4 cm³/mol. The van der Waals surface area contributed by atoms with Crippen molar-refractivity contribution in [1.29, 1.82) is 0 Å². The second kappa shape index (κ2) is 3.47. The molecule has 1 aromatic heterocycles. The summed E-state index contributed by atoms with van der Waals surface area (Å²) in [7, 11) is 0. The van der Waals surface area contributed by atoms with Gasteiger partial charge in [0.15, 0.2) is 0 Å². The van der Waals surface area contributed by atoms with Crippen molar-refractivity contribution in [2.75, 3.05) is 6.54 Å². The molecule has 1 atom stereocenters. The first-order chi connectivity index (χ1) is 6.27. The van der Waals surface area contributed by atoms with E-state index in [0.29, 0.717) is 10.9 Å². The zero-order valence-corrected chi connectivity index (χ0v) is 7.97. The molecular weight excluding hydrogens is 186 g/mol. The minimum Gasteiger partial charge on any atom is -0.544 e. The second-order valence-electron chi connectivity index (χ2n) is 3.26. The van der Waals surface area contributed by atoms with Gasteiger partial charge >= 0.3 is 0 Å². The smallest absolute Gasteiger partial charge is 0.121 e. The average molecular weight is 197 g/mol. The first kappa shape index (κ1) is 8.72. The summed E-state index contributed by atoms with van der Waals surface area (Å²) in [5, 5.41) is 12.8. The predicted octanol–water partition coefficient (Wildman–Crippen LogP) is -0.490. The molecule has 2 rings (SSSR count). The van der Waals surface area contributed by atoms with Crippen molar-refractivity contribution in [2.45, 2.75) is 18.9 Å². The van der Waals surface area contributed by atoms with Crippen LogP contribution in [0.25, 0.3) is 0 Å². The highest BCUT2D eigenvalue weighted by molar-refractivity contribution is 7.13. The Morgan fingerprint density at radius 3 is 3.00 bits per heavy atom. The standard InChI is InChI=1S/C9H11NO2S/c11-9(12)8-4-3-7(13-8)6-2-1-5-10-6/h3-4,6,10H,1-2,5H2,(H,11,12)/t6-/m0/s1. The zero-order chi connectivity index (χ0) is 9.26. The maximum atomic E-state index is 10.5. The van der Waals surface area contributed by atoms with E-state index >= 15 is 0 Å². The molecule has 0 amide bonds. The van der Waals surface area contributed by atoms with Crippen LogP contribution in [0.15, 0.2) is 12.1 Å². The molecule has 1 aliphatic rings. The monoisotopic (exact) mass is 197 g/mol. The van der Waals surface area contributed by atoms with Gasteiger partial charge in [-0.15, -0.1) is 11.3 Å². The molecule has 70 valence electrons. The Kier molecular flexibility index (Phi) is 2.33. The van der Waals surface area contributed by atoms with E-state index in [0.717, 1.165) is 17.8 Å². The summed E-state index contributed by atoms with van der Waals surface area (Å²) in [5.74, 6) is -1.06. The molecule has 0 saturated carbocycles. The minimum absolute atomic E-state index is 0.343. The Balaban J connectivity index is 2.16. The lowest BCUT2D eigenvalue weighted by molar-refractivity contribution is -0.675. The van der Waals surface area contributed by atoms with E-state index < -0.39 is 5.97 Å². The molecule has 0 spiro atoms. The lowest BCUT2D eigenvalue weighted by Gasteiger charge is -2.02. The molecule has 1 aliphatic heterocycles. The normalized spacial score (nSPS) is 22.0. The van der Waals surface area contributed by atoms with Crippen LogP contribution in [0, 0.1) is 0 Å². The number of carboxylic acid groups (broad SMARTS) is 1. The third-order valence-electron chi connectivity index (χ3n) is 2.36. The van der Waals surface area contributed by atoms with Crippen molar-refractivity contribution < 1.29 is 15.2 Å². The van der Waals surface area contributed by atoms with Crippen molar-refractivity contribution in [1.82, 2.24) is 0 Å². The topological polar surface area (TPSA) is 56.7 Å². The van der Waals surface area contributed by atoms with Gasteiger partial charge in [0.1, 0.15) is 6.04 Å². The quantitative estimate of drug-likeness (QED) is 0.695. The van der Waals surface area contributed by atoms with Gasteiger partial charge in [0.05, 0.1) is 22.3 Å². The molecular formula is C9H11NO2S. The van der Waals surface area contributed by atoms with Crippen molar-refractivity contribution in [3.05, 3.63) is 21.9 Å². The molecule has 2 heterocycles. The molecule has 4 heteroatoms. The van der Waals surface area contributed by atoms with Crippen LogP contribution in [0.5, 0.6) is 0 Å². The van der Waals surface area contributed by atoms with Crippen molar-refractivity contribution in [2.24, 2.45) is 0 Å². The van der Waals surface area contributed by atoms with Crippen LogP contribution >= 0.6 is 11.3 Å². The van der Waals surface area contributed by atoms with Crippen molar-refractivity contribution in [3.63, 3.8) is 0 Å². The van der Waals surface area contributed by atoms with Crippen molar-refractivity contribution in [3.8, 4) is 0 Å². The van der Waals surface area contributed by atoms with Gasteiger partial charge in [-0.2, -0.15) is 0 Å². The summed E-state index contributed by atoms with van der Waals surface area (Å²) in [6, 6.07) is 4.03. The van der Waals surface area contributed by atoms with Gasteiger partial charge in [-0.3, -0.25) is 0 Å². The molecule has 0 radical (unpaired) electrons. The number of thiophene rings is 1. The number of hydrogen-bond donors (Lipinski definition) is 1. The molecule has 1 saturated heterocycles. The fourth-order valence-electron chi connectivity index (χ4n) is 1.69. The van der Waals surface area contributed by atoms with Gasteiger partial charge in [0.25, 0.3) is 0 Å². The van der Waals surface area contributed by atoms with Gasteiger partial charge in [-0.05, 0) is 12.1 Å². The van der Waals surface area contributed by atoms with E-state index in [-0.39, 0.29) is 0 Å². The third kappa shape index (κ3) is 1.73. The van der Waals surface area contributed by atoms with Crippen LogP contribution in [0.3, 0.4) is 0 Å². The highest BCUT2D eigenvalue weighted by atomic mass is 32.1. The summed E-state index contributed by atoms with van der Waals surface area (Å²) in [5.41, 5.74) is 0. The Morgan fingerprint density at radius 2 is 2.46 bits per heavy atom. The van der Waals surface area contributed by atoms with Crippen LogP contribution in [0.2, 0.25) is 0 Å². The number of rotatable bonds is 2. The molecule has 1 aromatic rings.